The van der Waals surface area contributed by atoms with E-state index >= 15 is 0 Å². The van der Waals surface area contributed by atoms with E-state index in [0.29, 0.717) is 16.3 Å². The Bertz CT molecular complexity index is 438. The lowest BCUT2D eigenvalue weighted by Gasteiger charge is -2.10. The van der Waals surface area contributed by atoms with Crippen LogP contribution in [0.15, 0.2) is 18.2 Å². The first kappa shape index (κ1) is 16.7. The molecule has 0 heterocycles. The van der Waals surface area contributed by atoms with E-state index in [1.807, 2.05) is 0 Å². The summed E-state index contributed by atoms with van der Waals surface area (Å²) in [6.45, 7) is 0.176. The fraction of sp³-hybridized carbons (Fsp3) is 0.273. The molecule has 1 aromatic rings. The van der Waals surface area contributed by atoms with Crippen LogP contribution in [0.25, 0.3) is 0 Å². The Morgan fingerprint density at radius 1 is 1.28 bits per heavy atom. The van der Waals surface area contributed by atoms with E-state index in [-0.39, 0.29) is 30.8 Å². The van der Waals surface area contributed by atoms with Gasteiger partial charge < -0.3 is 16.0 Å². The first-order valence-electron chi connectivity index (χ1n) is 5.04. The fourth-order valence-corrected chi connectivity index (χ4v) is 1.48. The lowest BCUT2D eigenvalue weighted by atomic mass is 10.1. The van der Waals surface area contributed by atoms with Crippen LogP contribution in [0.1, 0.15) is 10.4 Å². The minimum absolute atomic E-state index is 0. The standard InChI is InChI=1S/C11H14ClN3O2.ClH/c1-13-6-10(16)15-9-4-3-7(12)5-8(9)11(17)14-2;/h3-5,13H,6H2,1-2H3,(H,14,17)(H,15,16);1H. The molecule has 0 saturated carbocycles. The van der Waals surface area contributed by atoms with Gasteiger partial charge in [-0.15, -0.1) is 12.4 Å². The number of rotatable bonds is 4. The normalized spacial score (nSPS) is 9.28. The summed E-state index contributed by atoms with van der Waals surface area (Å²) in [6.07, 6.45) is 0. The van der Waals surface area contributed by atoms with Gasteiger partial charge in [-0.25, -0.2) is 0 Å². The van der Waals surface area contributed by atoms with Crippen molar-refractivity contribution in [3.8, 4) is 0 Å². The predicted molar refractivity (Wildman–Crippen MR) is 74.6 cm³/mol. The Kier molecular flexibility index (Phi) is 7.35. The Morgan fingerprint density at radius 3 is 2.50 bits per heavy atom. The summed E-state index contributed by atoms with van der Waals surface area (Å²) in [4.78, 5) is 23.0. The predicted octanol–water partition coefficient (Wildman–Crippen LogP) is 1.28. The zero-order valence-electron chi connectivity index (χ0n) is 10.0. The first-order chi connectivity index (χ1) is 8.08. The van der Waals surface area contributed by atoms with Crippen LogP contribution in [0.5, 0.6) is 0 Å². The molecule has 0 saturated heterocycles. The molecular weight excluding hydrogens is 277 g/mol. The quantitative estimate of drug-likeness (QED) is 0.783. The molecule has 5 nitrogen and oxygen atoms in total. The van der Waals surface area contributed by atoms with E-state index < -0.39 is 0 Å². The van der Waals surface area contributed by atoms with E-state index in [1.54, 1.807) is 19.2 Å². The van der Waals surface area contributed by atoms with Crippen molar-refractivity contribution >= 4 is 41.5 Å². The minimum atomic E-state index is -0.299. The van der Waals surface area contributed by atoms with Crippen molar-refractivity contribution < 1.29 is 9.59 Å². The molecule has 100 valence electrons. The molecule has 0 bridgehead atoms. The van der Waals surface area contributed by atoms with Gasteiger partial charge in [0.15, 0.2) is 0 Å². The third-order valence-corrected chi connectivity index (χ3v) is 2.30. The average Bonchev–Trinajstić information content (AvgIpc) is 2.30. The Labute approximate surface area is 117 Å². The average molecular weight is 292 g/mol. The van der Waals surface area contributed by atoms with Crippen molar-refractivity contribution in [3.63, 3.8) is 0 Å². The number of carbonyl (C=O) groups is 2. The summed E-state index contributed by atoms with van der Waals surface area (Å²) in [7, 11) is 3.18. The third kappa shape index (κ3) is 4.52. The molecule has 0 aliphatic carbocycles. The van der Waals surface area contributed by atoms with Crippen LogP contribution >= 0.6 is 24.0 Å². The molecule has 1 rings (SSSR count). The van der Waals surface area contributed by atoms with Gasteiger partial charge in [0.05, 0.1) is 17.8 Å². The minimum Gasteiger partial charge on any atom is -0.355 e. The lowest BCUT2D eigenvalue weighted by Crippen LogP contribution is -2.27. The molecule has 0 unspecified atom stereocenters. The monoisotopic (exact) mass is 291 g/mol. The third-order valence-electron chi connectivity index (χ3n) is 2.06. The highest BCUT2D eigenvalue weighted by Gasteiger charge is 2.12. The maximum atomic E-state index is 11.6. The van der Waals surface area contributed by atoms with Gasteiger partial charge >= 0.3 is 0 Å². The zero-order valence-corrected chi connectivity index (χ0v) is 11.6. The van der Waals surface area contributed by atoms with Crippen LogP contribution in [0, 0.1) is 0 Å². The number of likely N-dealkylation sites (N-methyl/N-ethyl adjacent to an activating group) is 1. The maximum Gasteiger partial charge on any atom is 0.253 e. The first-order valence-corrected chi connectivity index (χ1v) is 5.42. The van der Waals surface area contributed by atoms with Gasteiger partial charge in [0.2, 0.25) is 5.91 Å². The molecule has 0 aromatic heterocycles. The van der Waals surface area contributed by atoms with Gasteiger partial charge in [-0.1, -0.05) is 11.6 Å². The fourth-order valence-electron chi connectivity index (χ4n) is 1.30. The van der Waals surface area contributed by atoms with Crippen molar-refractivity contribution in [1.82, 2.24) is 10.6 Å². The second-order valence-electron chi connectivity index (χ2n) is 3.35. The Morgan fingerprint density at radius 2 is 1.94 bits per heavy atom. The van der Waals surface area contributed by atoms with Crippen molar-refractivity contribution in [3.05, 3.63) is 28.8 Å². The van der Waals surface area contributed by atoms with Crippen molar-refractivity contribution in [1.29, 1.82) is 0 Å². The van der Waals surface area contributed by atoms with Crippen LogP contribution < -0.4 is 16.0 Å². The maximum absolute atomic E-state index is 11.6. The Hall–Kier alpha value is -1.30. The number of amides is 2. The highest BCUT2D eigenvalue weighted by Crippen LogP contribution is 2.20. The molecule has 0 radical (unpaired) electrons. The summed E-state index contributed by atoms with van der Waals surface area (Å²) in [5.41, 5.74) is 0.776. The molecule has 7 heteroatoms. The highest BCUT2D eigenvalue weighted by molar-refractivity contribution is 6.31. The zero-order chi connectivity index (χ0) is 12.8. The molecule has 1 aromatic carbocycles. The molecule has 0 spiro atoms. The number of benzene rings is 1. The molecule has 3 N–H and O–H groups in total. The van der Waals surface area contributed by atoms with E-state index in [9.17, 15) is 9.59 Å². The molecule has 18 heavy (non-hydrogen) atoms. The van der Waals surface area contributed by atoms with Gasteiger partial charge in [-0.2, -0.15) is 0 Å². The lowest BCUT2D eigenvalue weighted by molar-refractivity contribution is -0.115. The summed E-state index contributed by atoms with van der Waals surface area (Å²) in [5.74, 6) is -0.521. The van der Waals surface area contributed by atoms with E-state index in [1.165, 1.54) is 13.1 Å². The van der Waals surface area contributed by atoms with Gasteiger partial charge in [0.25, 0.3) is 5.91 Å². The number of anilines is 1. The molecule has 2 amide bonds. The number of hydrogen-bond acceptors (Lipinski definition) is 3. The van der Waals surface area contributed by atoms with E-state index in [0.717, 1.165) is 0 Å². The molecule has 0 aliphatic rings. The van der Waals surface area contributed by atoms with Gasteiger partial charge in [-0.05, 0) is 25.2 Å². The number of halogens is 2. The van der Waals surface area contributed by atoms with Gasteiger partial charge in [0, 0.05) is 12.1 Å². The summed E-state index contributed by atoms with van der Waals surface area (Å²) < 4.78 is 0. The number of carbonyl (C=O) groups excluding carboxylic acids is 2. The summed E-state index contributed by atoms with van der Waals surface area (Å²) in [5, 5.41) is 8.29. The van der Waals surface area contributed by atoms with E-state index in [4.69, 9.17) is 11.6 Å². The highest BCUT2D eigenvalue weighted by atomic mass is 35.5. The number of nitrogens with one attached hydrogen (secondary N) is 3. The smallest absolute Gasteiger partial charge is 0.253 e. The second-order valence-corrected chi connectivity index (χ2v) is 3.78. The van der Waals surface area contributed by atoms with Crippen LogP contribution in [0.2, 0.25) is 5.02 Å². The topological polar surface area (TPSA) is 70.2 Å². The van der Waals surface area contributed by atoms with Crippen LogP contribution in [0.4, 0.5) is 5.69 Å². The number of hydrogen-bond donors (Lipinski definition) is 3. The molecule has 0 atom stereocenters. The molecule has 0 aliphatic heterocycles. The summed E-state index contributed by atoms with van der Waals surface area (Å²) >= 11 is 5.81. The summed E-state index contributed by atoms with van der Waals surface area (Å²) in [6, 6.07) is 4.72. The molecular formula is C11H15Cl2N3O2. The van der Waals surface area contributed by atoms with Gasteiger partial charge in [-0.3, -0.25) is 9.59 Å². The van der Waals surface area contributed by atoms with Crippen molar-refractivity contribution in [2.24, 2.45) is 0 Å². The van der Waals surface area contributed by atoms with Crippen LogP contribution in [-0.4, -0.2) is 32.5 Å². The SMILES string of the molecule is CNCC(=O)Nc1ccc(Cl)cc1C(=O)NC.Cl. The van der Waals surface area contributed by atoms with Crippen LogP contribution in [0.3, 0.4) is 0 Å². The molecule has 0 fully saturated rings. The second kappa shape index (κ2) is 7.92. The van der Waals surface area contributed by atoms with Gasteiger partial charge in [0.1, 0.15) is 0 Å². The van der Waals surface area contributed by atoms with E-state index in [2.05, 4.69) is 16.0 Å². The largest absolute Gasteiger partial charge is 0.355 e. The van der Waals surface area contributed by atoms with Crippen molar-refractivity contribution in [2.75, 3.05) is 26.0 Å². The van der Waals surface area contributed by atoms with Crippen LogP contribution in [-0.2, 0) is 4.79 Å². The van der Waals surface area contributed by atoms with Crippen molar-refractivity contribution in [2.45, 2.75) is 0 Å². The Balaban J connectivity index is 0.00000289.